The Labute approximate surface area is 106 Å². The van der Waals surface area contributed by atoms with Crippen LogP contribution in [0.1, 0.15) is 13.3 Å². The maximum atomic E-state index is 12.2. The van der Waals surface area contributed by atoms with Gasteiger partial charge in [-0.3, -0.25) is 0 Å². The minimum Gasteiger partial charge on any atom is -0.480 e. The van der Waals surface area contributed by atoms with Crippen LogP contribution in [0.15, 0.2) is 0 Å². The van der Waals surface area contributed by atoms with Crippen LogP contribution in [-0.4, -0.2) is 65.8 Å². The minimum absolute atomic E-state index is 0.0108. The smallest absolute Gasteiger partial charge is 0.328 e. The lowest BCUT2D eigenvalue weighted by Crippen LogP contribution is -2.56. The van der Waals surface area contributed by atoms with E-state index in [4.69, 9.17) is 15.1 Å². The number of amides is 2. The number of carboxylic acid groups (broad SMARTS) is 1. The number of carboxylic acids is 1. The van der Waals surface area contributed by atoms with Crippen molar-refractivity contribution in [3.05, 3.63) is 0 Å². The van der Waals surface area contributed by atoms with E-state index in [2.05, 4.69) is 0 Å². The Bertz CT molecular complexity index is 353. The van der Waals surface area contributed by atoms with Crippen molar-refractivity contribution in [3.8, 4) is 6.07 Å². The Kier molecular flexibility index (Phi) is 5.39. The summed E-state index contributed by atoms with van der Waals surface area (Å²) in [5.74, 6) is -1.07. The Morgan fingerprint density at radius 1 is 1.61 bits per heavy atom. The number of urea groups is 1. The fourth-order valence-electron chi connectivity index (χ4n) is 1.79. The van der Waals surface area contributed by atoms with Crippen molar-refractivity contribution in [2.24, 2.45) is 0 Å². The number of nitrogens with zero attached hydrogens (tertiary/aromatic N) is 3. The molecule has 0 spiro atoms. The SMILES string of the molecule is CCN(CCC#N)C(=O)N1CCOCC1C(=O)O. The summed E-state index contributed by atoms with van der Waals surface area (Å²) < 4.78 is 5.07. The van der Waals surface area contributed by atoms with Crippen LogP contribution in [0.25, 0.3) is 0 Å². The molecule has 7 nitrogen and oxygen atoms in total. The lowest BCUT2D eigenvalue weighted by atomic mass is 10.2. The van der Waals surface area contributed by atoms with Gasteiger partial charge in [0, 0.05) is 19.6 Å². The molecule has 0 bridgehead atoms. The monoisotopic (exact) mass is 255 g/mol. The second-order valence-electron chi connectivity index (χ2n) is 3.89. The number of carbonyl (C=O) groups is 2. The molecule has 1 heterocycles. The van der Waals surface area contributed by atoms with Crippen molar-refractivity contribution in [3.63, 3.8) is 0 Å². The largest absolute Gasteiger partial charge is 0.480 e. The van der Waals surface area contributed by atoms with E-state index in [1.165, 1.54) is 9.80 Å². The van der Waals surface area contributed by atoms with Crippen LogP contribution in [-0.2, 0) is 9.53 Å². The summed E-state index contributed by atoms with van der Waals surface area (Å²) in [6.07, 6.45) is 0.238. The van der Waals surface area contributed by atoms with Gasteiger partial charge in [-0.05, 0) is 6.92 Å². The molecule has 0 aromatic heterocycles. The maximum absolute atomic E-state index is 12.2. The topological polar surface area (TPSA) is 93.9 Å². The van der Waals surface area contributed by atoms with Crippen LogP contribution in [0.2, 0.25) is 0 Å². The maximum Gasteiger partial charge on any atom is 0.328 e. The predicted molar refractivity (Wildman–Crippen MR) is 61.8 cm³/mol. The van der Waals surface area contributed by atoms with Crippen molar-refractivity contribution in [2.45, 2.75) is 19.4 Å². The highest BCUT2D eigenvalue weighted by Gasteiger charge is 2.34. The van der Waals surface area contributed by atoms with Crippen LogP contribution in [0, 0.1) is 11.3 Å². The standard InChI is InChI=1S/C11H17N3O4/c1-2-13(5-3-4-12)11(17)14-6-7-18-8-9(14)10(15)16/h9H,2-3,5-8H2,1H3,(H,15,16). The third-order valence-corrected chi connectivity index (χ3v) is 2.80. The van der Waals surface area contributed by atoms with Gasteiger partial charge in [-0.15, -0.1) is 0 Å². The van der Waals surface area contributed by atoms with Gasteiger partial charge in [-0.1, -0.05) is 0 Å². The zero-order valence-corrected chi connectivity index (χ0v) is 10.3. The van der Waals surface area contributed by atoms with E-state index in [9.17, 15) is 9.59 Å². The van der Waals surface area contributed by atoms with Gasteiger partial charge in [-0.2, -0.15) is 5.26 Å². The summed E-state index contributed by atoms with van der Waals surface area (Å²) in [4.78, 5) is 26.0. The van der Waals surface area contributed by atoms with Gasteiger partial charge in [0.1, 0.15) is 0 Å². The third-order valence-electron chi connectivity index (χ3n) is 2.80. The van der Waals surface area contributed by atoms with Crippen LogP contribution >= 0.6 is 0 Å². The highest BCUT2D eigenvalue weighted by atomic mass is 16.5. The van der Waals surface area contributed by atoms with Crippen molar-refractivity contribution in [1.29, 1.82) is 5.26 Å². The van der Waals surface area contributed by atoms with E-state index in [0.29, 0.717) is 19.7 Å². The number of hydrogen-bond donors (Lipinski definition) is 1. The highest BCUT2D eigenvalue weighted by Crippen LogP contribution is 2.11. The fraction of sp³-hybridized carbons (Fsp3) is 0.727. The molecule has 0 aromatic rings. The van der Waals surface area contributed by atoms with Crippen LogP contribution in [0.5, 0.6) is 0 Å². The average Bonchev–Trinajstić information content (AvgIpc) is 2.39. The first-order valence-corrected chi connectivity index (χ1v) is 5.84. The van der Waals surface area contributed by atoms with Crippen LogP contribution in [0.3, 0.4) is 0 Å². The minimum atomic E-state index is -1.07. The number of aliphatic carboxylic acids is 1. The van der Waals surface area contributed by atoms with Crippen molar-refractivity contribution >= 4 is 12.0 Å². The van der Waals surface area contributed by atoms with E-state index in [1.54, 1.807) is 6.92 Å². The number of morpholine rings is 1. The molecule has 2 amide bonds. The van der Waals surface area contributed by atoms with Crippen LogP contribution in [0.4, 0.5) is 4.79 Å². The quantitative estimate of drug-likeness (QED) is 0.770. The molecular weight excluding hydrogens is 238 g/mol. The Hall–Kier alpha value is -1.81. The first-order valence-electron chi connectivity index (χ1n) is 5.84. The second-order valence-corrected chi connectivity index (χ2v) is 3.89. The number of ether oxygens (including phenoxy) is 1. The molecule has 18 heavy (non-hydrogen) atoms. The van der Waals surface area contributed by atoms with Gasteiger partial charge >= 0.3 is 12.0 Å². The Balaban J connectivity index is 2.72. The van der Waals surface area contributed by atoms with Gasteiger partial charge in [0.05, 0.1) is 25.7 Å². The van der Waals surface area contributed by atoms with Crippen LogP contribution < -0.4 is 0 Å². The molecule has 1 unspecified atom stereocenters. The molecule has 1 aliphatic rings. The molecule has 1 aliphatic heterocycles. The molecule has 0 saturated carbocycles. The van der Waals surface area contributed by atoms with Gasteiger partial charge < -0.3 is 19.6 Å². The normalized spacial score (nSPS) is 19.1. The summed E-state index contributed by atoms with van der Waals surface area (Å²) in [5.41, 5.74) is 0. The number of carbonyl (C=O) groups excluding carboxylic acids is 1. The lowest BCUT2D eigenvalue weighted by molar-refractivity contribution is -0.147. The van der Waals surface area contributed by atoms with E-state index >= 15 is 0 Å². The molecule has 100 valence electrons. The van der Waals surface area contributed by atoms with Gasteiger partial charge in [0.25, 0.3) is 0 Å². The van der Waals surface area contributed by atoms with E-state index < -0.39 is 12.0 Å². The van der Waals surface area contributed by atoms with Crippen molar-refractivity contribution in [2.75, 3.05) is 32.8 Å². The Morgan fingerprint density at radius 3 is 2.89 bits per heavy atom. The number of hydrogen-bond acceptors (Lipinski definition) is 4. The molecular formula is C11H17N3O4. The van der Waals surface area contributed by atoms with Crippen molar-refractivity contribution in [1.82, 2.24) is 9.80 Å². The van der Waals surface area contributed by atoms with Crippen molar-refractivity contribution < 1.29 is 19.4 Å². The third kappa shape index (κ3) is 3.34. The summed E-state index contributed by atoms with van der Waals surface area (Å²) in [7, 11) is 0. The zero-order chi connectivity index (χ0) is 13.5. The fourth-order valence-corrected chi connectivity index (χ4v) is 1.79. The van der Waals surface area contributed by atoms with E-state index in [-0.39, 0.29) is 25.6 Å². The lowest BCUT2D eigenvalue weighted by Gasteiger charge is -2.36. The van der Waals surface area contributed by atoms with Gasteiger partial charge in [0.2, 0.25) is 0 Å². The van der Waals surface area contributed by atoms with E-state index in [1.807, 2.05) is 6.07 Å². The van der Waals surface area contributed by atoms with E-state index in [0.717, 1.165) is 0 Å². The highest BCUT2D eigenvalue weighted by molar-refractivity contribution is 5.83. The molecule has 0 radical (unpaired) electrons. The first kappa shape index (κ1) is 14.3. The van der Waals surface area contributed by atoms with Gasteiger partial charge in [0.15, 0.2) is 6.04 Å². The summed E-state index contributed by atoms with van der Waals surface area (Å²) in [6, 6.07) is 0.685. The molecule has 1 N–H and O–H groups in total. The zero-order valence-electron chi connectivity index (χ0n) is 10.3. The molecule has 1 atom stereocenters. The molecule has 1 rings (SSSR count). The Morgan fingerprint density at radius 2 is 2.33 bits per heavy atom. The summed E-state index contributed by atoms with van der Waals surface area (Å²) >= 11 is 0. The molecule has 1 fully saturated rings. The molecule has 0 aliphatic carbocycles. The molecule has 0 aromatic carbocycles. The second kappa shape index (κ2) is 6.81. The number of nitriles is 1. The number of rotatable bonds is 4. The predicted octanol–water partition coefficient (Wildman–Crippen LogP) is 0.127. The van der Waals surface area contributed by atoms with Gasteiger partial charge in [-0.25, -0.2) is 9.59 Å². The molecule has 7 heteroatoms. The first-order chi connectivity index (χ1) is 8.61. The molecule has 1 saturated heterocycles. The summed E-state index contributed by atoms with van der Waals surface area (Å²) in [5, 5.41) is 17.6. The summed E-state index contributed by atoms with van der Waals surface area (Å²) in [6.45, 7) is 3.17. The average molecular weight is 255 g/mol.